The van der Waals surface area contributed by atoms with Gasteiger partial charge in [0, 0.05) is 24.1 Å². The summed E-state index contributed by atoms with van der Waals surface area (Å²) in [5.41, 5.74) is -0.0545. The molecule has 1 fully saturated rings. The normalized spacial score (nSPS) is 25.8. The maximum atomic E-state index is 14.2. The van der Waals surface area contributed by atoms with Crippen LogP contribution in [0.25, 0.3) is 0 Å². The molecular weight excluding hydrogens is 502 g/mol. The highest BCUT2D eigenvalue weighted by atomic mass is 35.5. The average molecular weight is 535 g/mol. The Balaban J connectivity index is 1.87. The fourth-order valence-corrected chi connectivity index (χ4v) is 6.13. The standard InChI is InChI=1S/C28H33ClF2N2O4/c1-27(2,3)13-23-28(18-9-8-16(30)12-21(18)32-26(28)37)24(15-7-10-20(31)19(29)11-15)25(33-23)22(36)6-4-5-17(35)14-34/h7-12,17,23-25,33-35H,4-6,13-14H2,1-3H3,(H,32,37)/t17-,23+,24-,25-,28-/m0/s1. The molecule has 200 valence electrons. The van der Waals surface area contributed by atoms with Gasteiger partial charge in [-0.1, -0.05) is 44.5 Å². The first-order valence-corrected chi connectivity index (χ1v) is 12.9. The van der Waals surface area contributed by atoms with Crippen LogP contribution < -0.4 is 10.6 Å². The van der Waals surface area contributed by atoms with E-state index in [-0.39, 0.29) is 35.0 Å². The van der Waals surface area contributed by atoms with Crippen LogP contribution in [0, 0.1) is 17.0 Å². The van der Waals surface area contributed by atoms with E-state index in [1.54, 1.807) is 12.1 Å². The van der Waals surface area contributed by atoms with Gasteiger partial charge in [-0.25, -0.2) is 8.78 Å². The van der Waals surface area contributed by atoms with Crippen molar-refractivity contribution in [2.24, 2.45) is 5.41 Å². The molecule has 2 heterocycles. The Kier molecular flexibility index (Phi) is 7.77. The number of ketones is 1. The zero-order chi connectivity index (χ0) is 27.1. The Labute approximate surface area is 220 Å². The van der Waals surface area contributed by atoms with Gasteiger partial charge in [0.15, 0.2) is 0 Å². The molecule has 4 N–H and O–H groups in total. The molecule has 1 saturated heterocycles. The highest BCUT2D eigenvalue weighted by Crippen LogP contribution is 2.56. The van der Waals surface area contributed by atoms with Crippen LogP contribution in [0.5, 0.6) is 0 Å². The lowest BCUT2D eigenvalue weighted by Gasteiger charge is -2.37. The number of halogens is 3. The molecule has 0 saturated carbocycles. The van der Waals surface area contributed by atoms with Crippen LogP contribution in [0.3, 0.4) is 0 Å². The summed E-state index contributed by atoms with van der Waals surface area (Å²) in [5, 5.41) is 25.0. The number of carbonyl (C=O) groups is 2. The first kappa shape index (κ1) is 27.6. The molecule has 1 amide bonds. The van der Waals surface area contributed by atoms with Crippen LogP contribution in [-0.2, 0) is 15.0 Å². The molecule has 9 heteroatoms. The van der Waals surface area contributed by atoms with E-state index in [1.165, 1.54) is 24.3 Å². The van der Waals surface area contributed by atoms with Gasteiger partial charge < -0.3 is 20.8 Å². The van der Waals surface area contributed by atoms with Gasteiger partial charge in [-0.15, -0.1) is 0 Å². The summed E-state index contributed by atoms with van der Waals surface area (Å²) in [5.74, 6) is -2.39. The van der Waals surface area contributed by atoms with E-state index in [0.717, 1.165) is 0 Å². The first-order valence-electron chi connectivity index (χ1n) is 12.5. The molecule has 0 aliphatic carbocycles. The van der Waals surface area contributed by atoms with Gasteiger partial charge in [0.05, 0.1) is 23.8 Å². The number of benzene rings is 2. The van der Waals surface area contributed by atoms with E-state index in [0.29, 0.717) is 29.7 Å². The van der Waals surface area contributed by atoms with Crippen molar-refractivity contribution in [1.29, 1.82) is 0 Å². The number of hydrogen-bond acceptors (Lipinski definition) is 5. The third-order valence-corrected chi connectivity index (χ3v) is 7.73. The van der Waals surface area contributed by atoms with Crippen molar-refractivity contribution in [3.8, 4) is 0 Å². The molecule has 1 spiro atoms. The third-order valence-electron chi connectivity index (χ3n) is 7.44. The van der Waals surface area contributed by atoms with Crippen LogP contribution >= 0.6 is 11.6 Å². The minimum atomic E-state index is -1.28. The number of aliphatic hydroxyl groups is 2. The molecule has 6 nitrogen and oxygen atoms in total. The quantitative estimate of drug-likeness (QED) is 0.401. The van der Waals surface area contributed by atoms with Gasteiger partial charge in [0.25, 0.3) is 0 Å². The summed E-state index contributed by atoms with van der Waals surface area (Å²) < 4.78 is 28.3. The molecular formula is C28H33ClF2N2O4. The van der Waals surface area contributed by atoms with Gasteiger partial charge in [0.2, 0.25) is 5.91 Å². The fraction of sp³-hybridized carbons (Fsp3) is 0.500. The molecule has 37 heavy (non-hydrogen) atoms. The minimum absolute atomic E-state index is 0.108. The first-order chi connectivity index (χ1) is 17.4. The van der Waals surface area contributed by atoms with E-state index in [4.69, 9.17) is 16.7 Å². The number of rotatable bonds is 8. The lowest BCUT2D eigenvalue weighted by molar-refractivity contribution is -0.122. The second kappa shape index (κ2) is 10.4. The van der Waals surface area contributed by atoms with E-state index in [2.05, 4.69) is 10.6 Å². The summed E-state index contributed by atoms with van der Waals surface area (Å²) in [4.78, 5) is 27.6. The number of anilines is 1. The van der Waals surface area contributed by atoms with Crippen LogP contribution in [0.1, 0.15) is 63.5 Å². The summed E-state index contributed by atoms with van der Waals surface area (Å²) in [7, 11) is 0. The van der Waals surface area contributed by atoms with E-state index in [9.17, 15) is 23.5 Å². The summed E-state index contributed by atoms with van der Waals surface area (Å²) in [6.45, 7) is 5.72. The van der Waals surface area contributed by atoms with E-state index >= 15 is 0 Å². The average Bonchev–Trinajstić information content (AvgIpc) is 3.29. The van der Waals surface area contributed by atoms with Gasteiger partial charge in [-0.05, 0) is 60.1 Å². The lowest BCUT2D eigenvalue weighted by atomic mass is 9.62. The number of hydrogen-bond donors (Lipinski definition) is 4. The number of carbonyl (C=O) groups excluding carboxylic acids is 2. The SMILES string of the molecule is CC(C)(C)C[C@H]1N[C@@H](C(=O)CCC[C@H](O)CO)[C@H](c2ccc(F)c(Cl)c2)[C@@]12C(=O)Nc1cc(F)ccc12. The second-order valence-corrected chi connectivity index (χ2v) is 11.7. The van der Waals surface area contributed by atoms with Crippen molar-refractivity contribution >= 4 is 29.0 Å². The smallest absolute Gasteiger partial charge is 0.237 e. The Hall–Kier alpha value is -2.39. The zero-order valence-electron chi connectivity index (χ0n) is 21.2. The van der Waals surface area contributed by atoms with E-state index in [1.807, 2.05) is 20.8 Å². The monoisotopic (exact) mass is 534 g/mol. The van der Waals surface area contributed by atoms with Crippen molar-refractivity contribution in [3.63, 3.8) is 0 Å². The highest BCUT2D eigenvalue weighted by molar-refractivity contribution is 6.30. The number of fused-ring (bicyclic) bond motifs is 2. The predicted octanol–water partition coefficient (Wildman–Crippen LogP) is 4.46. The number of nitrogens with one attached hydrogen (secondary N) is 2. The molecule has 2 aromatic rings. The predicted molar refractivity (Wildman–Crippen MR) is 138 cm³/mol. The molecule has 5 atom stereocenters. The van der Waals surface area contributed by atoms with E-state index < -0.39 is 47.8 Å². The molecule has 4 rings (SSSR count). The van der Waals surface area contributed by atoms with Crippen LogP contribution in [-0.4, -0.2) is 46.7 Å². The summed E-state index contributed by atoms with van der Waals surface area (Å²) in [6, 6.07) is 7.06. The second-order valence-electron chi connectivity index (χ2n) is 11.3. The maximum Gasteiger partial charge on any atom is 0.237 e. The van der Waals surface area contributed by atoms with Crippen LogP contribution in [0.15, 0.2) is 36.4 Å². The largest absolute Gasteiger partial charge is 0.394 e. The molecule has 0 aromatic heterocycles. The van der Waals surface area contributed by atoms with Gasteiger partial charge in [-0.2, -0.15) is 0 Å². The zero-order valence-corrected chi connectivity index (χ0v) is 21.9. The minimum Gasteiger partial charge on any atom is -0.394 e. The van der Waals surface area contributed by atoms with Crippen molar-refractivity contribution in [2.45, 2.75) is 76.0 Å². The summed E-state index contributed by atoms with van der Waals surface area (Å²) >= 11 is 6.17. The molecule has 0 bridgehead atoms. The number of Topliss-reactive ketones (excluding diaryl/α,β-unsaturated/α-hetero) is 1. The van der Waals surface area contributed by atoms with Crippen molar-refractivity contribution < 1.29 is 28.6 Å². The number of amides is 1. The van der Waals surface area contributed by atoms with Crippen molar-refractivity contribution in [3.05, 3.63) is 64.2 Å². The Bertz CT molecular complexity index is 1200. The summed E-state index contributed by atoms with van der Waals surface area (Å²) in [6.07, 6.45) is 0.312. The van der Waals surface area contributed by atoms with Gasteiger partial charge in [-0.3, -0.25) is 9.59 Å². The molecule has 2 aromatic carbocycles. The van der Waals surface area contributed by atoms with Gasteiger partial charge >= 0.3 is 0 Å². The Morgan fingerprint density at radius 3 is 2.57 bits per heavy atom. The van der Waals surface area contributed by atoms with Crippen molar-refractivity contribution in [2.75, 3.05) is 11.9 Å². The Morgan fingerprint density at radius 1 is 1.19 bits per heavy atom. The topological polar surface area (TPSA) is 98.7 Å². The molecule has 2 aliphatic heterocycles. The van der Waals surface area contributed by atoms with Crippen LogP contribution in [0.2, 0.25) is 5.02 Å². The van der Waals surface area contributed by atoms with Crippen molar-refractivity contribution in [1.82, 2.24) is 5.32 Å². The van der Waals surface area contributed by atoms with Gasteiger partial charge in [0.1, 0.15) is 22.8 Å². The number of aliphatic hydroxyl groups excluding tert-OH is 2. The highest BCUT2D eigenvalue weighted by Gasteiger charge is 2.65. The third kappa shape index (κ3) is 5.17. The molecule has 0 radical (unpaired) electrons. The maximum absolute atomic E-state index is 14.2. The lowest BCUT2D eigenvalue weighted by Crippen LogP contribution is -2.49. The molecule has 0 unspecified atom stereocenters. The van der Waals surface area contributed by atoms with Crippen LogP contribution in [0.4, 0.5) is 14.5 Å². The fourth-order valence-electron chi connectivity index (χ4n) is 5.94. The molecule has 2 aliphatic rings. The Morgan fingerprint density at radius 2 is 1.92 bits per heavy atom.